The lowest BCUT2D eigenvalue weighted by Crippen LogP contribution is -2.19. The van der Waals surface area contributed by atoms with Gasteiger partial charge in [0.15, 0.2) is 0 Å². The van der Waals surface area contributed by atoms with Gasteiger partial charge in [-0.15, -0.1) is 0 Å². The summed E-state index contributed by atoms with van der Waals surface area (Å²) in [5.74, 6) is 3.59. The van der Waals surface area contributed by atoms with E-state index in [0.717, 1.165) is 23.2 Å². The second kappa shape index (κ2) is 5.65. The summed E-state index contributed by atoms with van der Waals surface area (Å²) >= 11 is 0. The van der Waals surface area contributed by atoms with E-state index < -0.39 is 0 Å². The van der Waals surface area contributed by atoms with Gasteiger partial charge < -0.3 is 11.5 Å². The molecule has 1 saturated carbocycles. The van der Waals surface area contributed by atoms with E-state index in [-0.39, 0.29) is 0 Å². The third-order valence-electron chi connectivity index (χ3n) is 4.22. The molecule has 0 saturated heterocycles. The molecule has 2 rings (SSSR count). The minimum atomic E-state index is 0.409. The molecule has 0 radical (unpaired) electrons. The Morgan fingerprint density at radius 1 is 1.28 bits per heavy atom. The minimum absolute atomic E-state index is 0.409. The van der Waals surface area contributed by atoms with Crippen molar-refractivity contribution in [1.82, 2.24) is 9.97 Å². The van der Waals surface area contributed by atoms with Crippen molar-refractivity contribution in [2.24, 2.45) is 17.6 Å². The van der Waals surface area contributed by atoms with Gasteiger partial charge in [-0.25, -0.2) is 9.97 Å². The van der Waals surface area contributed by atoms with Gasteiger partial charge in [-0.05, 0) is 37.5 Å². The van der Waals surface area contributed by atoms with E-state index in [0.29, 0.717) is 18.3 Å². The third-order valence-corrected chi connectivity index (χ3v) is 4.22. The van der Waals surface area contributed by atoms with Crippen LogP contribution in [0, 0.1) is 11.8 Å². The van der Waals surface area contributed by atoms with Gasteiger partial charge in [0, 0.05) is 24.2 Å². The Labute approximate surface area is 109 Å². The van der Waals surface area contributed by atoms with Gasteiger partial charge in [0.1, 0.15) is 11.6 Å². The molecular formula is C14H24N4. The molecule has 0 spiro atoms. The highest BCUT2D eigenvalue weighted by Crippen LogP contribution is 2.37. The summed E-state index contributed by atoms with van der Waals surface area (Å²) in [5.41, 5.74) is 12.3. The highest BCUT2D eigenvalue weighted by molar-refractivity contribution is 5.37. The molecule has 18 heavy (non-hydrogen) atoms. The molecule has 0 unspecified atom stereocenters. The van der Waals surface area contributed by atoms with Crippen molar-refractivity contribution in [3.05, 3.63) is 17.6 Å². The largest absolute Gasteiger partial charge is 0.383 e. The molecule has 0 aromatic carbocycles. The average Bonchev–Trinajstić information content (AvgIpc) is 2.38. The lowest BCUT2D eigenvalue weighted by atomic mass is 9.77. The summed E-state index contributed by atoms with van der Waals surface area (Å²) in [6.07, 6.45) is 6.72. The summed E-state index contributed by atoms with van der Waals surface area (Å²) in [6.45, 7) is 5.04. The van der Waals surface area contributed by atoms with Crippen molar-refractivity contribution in [3.63, 3.8) is 0 Å². The lowest BCUT2D eigenvalue weighted by Gasteiger charge is -2.30. The Morgan fingerprint density at radius 2 is 1.94 bits per heavy atom. The third kappa shape index (κ3) is 2.80. The van der Waals surface area contributed by atoms with Crippen molar-refractivity contribution in [1.29, 1.82) is 0 Å². The van der Waals surface area contributed by atoms with E-state index in [1.165, 1.54) is 25.7 Å². The summed E-state index contributed by atoms with van der Waals surface area (Å²) in [5, 5.41) is 0. The molecule has 4 heteroatoms. The quantitative estimate of drug-likeness (QED) is 0.861. The fraction of sp³-hybridized carbons (Fsp3) is 0.714. The van der Waals surface area contributed by atoms with Crippen LogP contribution in [0.4, 0.5) is 5.82 Å². The maximum Gasteiger partial charge on any atom is 0.133 e. The maximum absolute atomic E-state index is 5.88. The van der Waals surface area contributed by atoms with Crippen LogP contribution in [0.3, 0.4) is 0 Å². The average molecular weight is 248 g/mol. The molecule has 1 aromatic heterocycles. The monoisotopic (exact) mass is 248 g/mol. The number of anilines is 1. The van der Waals surface area contributed by atoms with Crippen molar-refractivity contribution < 1.29 is 0 Å². The molecular weight excluding hydrogens is 224 g/mol. The molecule has 1 fully saturated rings. The summed E-state index contributed by atoms with van der Waals surface area (Å²) in [7, 11) is 0. The molecule has 1 aliphatic rings. The first-order chi connectivity index (χ1) is 8.61. The van der Waals surface area contributed by atoms with Gasteiger partial charge in [0.2, 0.25) is 0 Å². The van der Waals surface area contributed by atoms with Crippen LogP contribution in [0.1, 0.15) is 56.8 Å². The van der Waals surface area contributed by atoms with Crippen molar-refractivity contribution in [2.45, 2.75) is 52.0 Å². The standard InChI is InChI=1S/C14H24N4/c1-9(2)10-3-5-11(6-4-10)14-17-8-12(7-15)13(16)18-14/h8-11H,3-7,15H2,1-2H3,(H2,16,17,18). The van der Waals surface area contributed by atoms with E-state index in [1.807, 2.05) is 0 Å². The number of hydrogen-bond donors (Lipinski definition) is 2. The molecule has 1 aromatic rings. The van der Waals surface area contributed by atoms with Gasteiger partial charge in [0.05, 0.1) is 0 Å². The Hall–Kier alpha value is -1.16. The molecule has 1 aliphatic carbocycles. The van der Waals surface area contributed by atoms with Gasteiger partial charge in [-0.1, -0.05) is 13.8 Å². The Morgan fingerprint density at radius 3 is 2.44 bits per heavy atom. The molecule has 0 amide bonds. The van der Waals surface area contributed by atoms with Gasteiger partial charge in [-0.2, -0.15) is 0 Å². The number of nitrogens with two attached hydrogens (primary N) is 2. The summed E-state index contributed by atoms with van der Waals surface area (Å²) < 4.78 is 0. The van der Waals surface area contributed by atoms with Crippen LogP contribution in [0.5, 0.6) is 0 Å². The van der Waals surface area contributed by atoms with E-state index in [9.17, 15) is 0 Å². The second-order valence-corrected chi connectivity index (χ2v) is 5.70. The summed E-state index contributed by atoms with van der Waals surface area (Å²) in [4.78, 5) is 8.86. The van der Waals surface area contributed by atoms with E-state index in [1.54, 1.807) is 6.20 Å². The number of aromatic nitrogens is 2. The highest BCUT2D eigenvalue weighted by Gasteiger charge is 2.26. The SMILES string of the molecule is CC(C)C1CCC(c2ncc(CN)c(N)n2)CC1. The smallest absolute Gasteiger partial charge is 0.133 e. The fourth-order valence-electron chi connectivity index (χ4n) is 2.83. The Bertz CT molecular complexity index is 395. The predicted molar refractivity (Wildman–Crippen MR) is 73.9 cm³/mol. The fourth-order valence-corrected chi connectivity index (χ4v) is 2.83. The molecule has 0 atom stereocenters. The second-order valence-electron chi connectivity index (χ2n) is 5.70. The zero-order valence-corrected chi connectivity index (χ0v) is 11.4. The van der Waals surface area contributed by atoms with Crippen LogP contribution in [0.25, 0.3) is 0 Å². The summed E-state index contributed by atoms with van der Waals surface area (Å²) in [6, 6.07) is 0. The number of nitrogen functional groups attached to an aromatic ring is 1. The first-order valence-electron chi connectivity index (χ1n) is 6.93. The molecule has 0 bridgehead atoms. The van der Waals surface area contributed by atoms with Gasteiger partial charge in [0.25, 0.3) is 0 Å². The highest BCUT2D eigenvalue weighted by atomic mass is 15.0. The lowest BCUT2D eigenvalue weighted by molar-refractivity contribution is 0.255. The number of hydrogen-bond acceptors (Lipinski definition) is 4. The zero-order chi connectivity index (χ0) is 13.1. The van der Waals surface area contributed by atoms with Crippen LogP contribution in [0.2, 0.25) is 0 Å². The Kier molecular flexibility index (Phi) is 4.17. The molecule has 4 nitrogen and oxygen atoms in total. The number of rotatable bonds is 3. The van der Waals surface area contributed by atoms with Crippen LogP contribution in [-0.2, 0) is 6.54 Å². The molecule has 1 heterocycles. The first kappa shape index (κ1) is 13.3. The molecule has 100 valence electrons. The topological polar surface area (TPSA) is 77.8 Å². The van der Waals surface area contributed by atoms with Crippen LogP contribution < -0.4 is 11.5 Å². The van der Waals surface area contributed by atoms with Crippen molar-refractivity contribution >= 4 is 5.82 Å². The van der Waals surface area contributed by atoms with Crippen LogP contribution in [-0.4, -0.2) is 9.97 Å². The van der Waals surface area contributed by atoms with Gasteiger partial charge >= 0.3 is 0 Å². The van der Waals surface area contributed by atoms with Crippen LogP contribution >= 0.6 is 0 Å². The normalized spacial score (nSPS) is 24.4. The van der Waals surface area contributed by atoms with Crippen molar-refractivity contribution in [3.8, 4) is 0 Å². The predicted octanol–water partition coefficient (Wildman–Crippen LogP) is 2.45. The van der Waals surface area contributed by atoms with Crippen molar-refractivity contribution in [2.75, 3.05) is 5.73 Å². The van der Waals surface area contributed by atoms with E-state index in [4.69, 9.17) is 11.5 Å². The minimum Gasteiger partial charge on any atom is -0.383 e. The molecule has 0 aliphatic heterocycles. The first-order valence-corrected chi connectivity index (χ1v) is 6.93. The van der Waals surface area contributed by atoms with Gasteiger partial charge in [-0.3, -0.25) is 0 Å². The Balaban J connectivity index is 2.03. The maximum atomic E-state index is 5.88. The zero-order valence-electron chi connectivity index (χ0n) is 11.4. The number of nitrogens with zero attached hydrogens (tertiary/aromatic N) is 2. The van der Waals surface area contributed by atoms with Crippen LogP contribution in [0.15, 0.2) is 6.20 Å². The van der Waals surface area contributed by atoms with E-state index in [2.05, 4.69) is 23.8 Å². The van der Waals surface area contributed by atoms with E-state index >= 15 is 0 Å². The molecule has 4 N–H and O–H groups in total.